The van der Waals surface area contributed by atoms with Gasteiger partial charge in [-0.1, -0.05) is 18.2 Å². The number of aryl methyl sites for hydroxylation is 1. The van der Waals surface area contributed by atoms with E-state index in [0.717, 1.165) is 16.8 Å². The summed E-state index contributed by atoms with van der Waals surface area (Å²) in [5, 5.41) is 15.5. The Kier molecular flexibility index (Phi) is 4.60. The van der Waals surface area contributed by atoms with Crippen molar-refractivity contribution < 1.29 is 9.90 Å². The number of phenolic OH excluding ortho intramolecular Hbond substituents is 1. The lowest BCUT2D eigenvalue weighted by Crippen LogP contribution is -2.18. The summed E-state index contributed by atoms with van der Waals surface area (Å²) < 4.78 is 0. The number of anilines is 1. The molecule has 1 amide bonds. The number of para-hydroxylation sites is 1. The first-order valence-corrected chi connectivity index (χ1v) is 6.90. The summed E-state index contributed by atoms with van der Waals surface area (Å²) >= 11 is 0. The number of rotatable bonds is 4. The van der Waals surface area contributed by atoms with Gasteiger partial charge in [-0.25, -0.2) is 0 Å². The van der Waals surface area contributed by atoms with E-state index in [1.165, 1.54) is 6.07 Å². The topological polar surface area (TPSA) is 61.4 Å². The minimum Gasteiger partial charge on any atom is -0.508 e. The standard InChI is InChI=1S/C17H20N2O2/c1-11-10-13(20)8-9-14(11)17(21)19-16-7-5-4-6-15(16)12(2)18-3/h4-10,12,18,20H,1-3H3,(H,19,21). The highest BCUT2D eigenvalue weighted by molar-refractivity contribution is 6.05. The first-order chi connectivity index (χ1) is 10.0. The monoisotopic (exact) mass is 284 g/mol. The lowest BCUT2D eigenvalue weighted by Gasteiger charge is -2.17. The fourth-order valence-electron chi connectivity index (χ4n) is 2.24. The maximum Gasteiger partial charge on any atom is 0.255 e. The largest absolute Gasteiger partial charge is 0.508 e. The molecule has 2 rings (SSSR count). The molecule has 0 aliphatic heterocycles. The zero-order valence-electron chi connectivity index (χ0n) is 12.5. The van der Waals surface area contributed by atoms with Gasteiger partial charge in [0, 0.05) is 17.3 Å². The van der Waals surface area contributed by atoms with Crippen LogP contribution in [0.1, 0.15) is 34.5 Å². The summed E-state index contributed by atoms with van der Waals surface area (Å²) in [6, 6.07) is 12.6. The van der Waals surface area contributed by atoms with E-state index in [2.05, 4.69) is 10.6 Å². The van der Waals surface area contributed by atoms with E-state index in [9.17, 15) is 9.90 Å². The maximum atomic E-state index is 12.4. The molecule has 0 aliphatic carbocycles. The first kappa shape index (κ1) is 15.1. The second kappa shape index (κ2) is 6.41. The van der Waals surface area contributed by atoms with Crippen LogP contribution in [-0.4, -0.2) is 18.1 Å². The Labute approximate surface area is 124 Å². The first-order valence-electron chi connectivity index (χ1n) is 6.90. The third-order valence-corrected chi connectivity index (χ3v) is 3.56. The molecular weight excluding hydrogens is 264 g/mol. The van der Waals surface area contributed by atoms with Crippen molar-refractivity contribution in [1.82, 2.24) is 5.32 Å². The van der Waals surface area contributed by atoms with Gasteiger partial charge in [-0.05, 0) is 56.3 Å². The Morgan fingerprint density at radius 2 is 1.90 bits per heavy atom. The zero-order valence-corrected chi connectivity index (χ0v) is 12.5. The van der Waals surface area contributed by atoms with Crippen LogP contribution in [0, 0.1) is 6.92 Å². The van der Waals surface area contributed by atoms with Crippen molar-refractivity contribution in [2.45, 2.75) is 19.9 Å². The van der Waals surface area contributed by atoms with Crippen molar-refractivity contribution in [2.75, 3.05) is 12.4 Å². The number of hydrogen-bond acceptors (Lipinski definition) is 3. The summed E-state index contributed by atoms with van der Waals surface area (Å²) in [4.78, 5) is 12.4. The Morgan fingerprint density at radius 1 is 1.19 bits per heavy atom. The molecule has 2 aromatic rings. The minimum atomic E-state index is -0.178. The normalized spacial score (nSPS) is 12.0. The van der Waals surface area contributed by atoms with Crippen molar-refractivity contribution in [2.24, 2.45) is 0 Å². The summed E-state index contributed by atoms with van der Waals surface area (Å²) in [5.41, 5.74) is 3.12. The van der Waals surface area contributed by atoms with Crippen molar-refractivity contribution in [3.63, 3.8) is 0 Å². The molecular formula is C17H20N2O2. The van der Waals surface area contributed by atoms with Gasteiger partial charge in [0.25, 0.3) is 5.91 Å². The van der Waals surface area contributed by atoms with Gasteiger partial charge in [0.2, 0.25) is 0 Å². The summed E-state index contributed by atoms with van der Waals surface area (Å²) in [6.07, 6.45) is 0. The number of carbonyl (C=O) groups is 1. The molecule has 3 N–H and O–H groups in total. The average molecular weight is 284 g/mol. The van der Waals surface area contributed by atoms with Gasteiger partial charge in [0.15, 0.2) is 0 Å². The quantitative estimate of drug-likeness (QED) is 0.807. The molecule has 0 spiro atoms. The average Bonchev–Trinajstić information content (AvgIpc) is 2.46. The van der Waals surface area contributed by atoms with Gasteiger partial charge in [-0.3, -0.25) is 4.79 Å². The highest BCUT2D eigenvalue weighted by Crippen LogP contribution is 2.24. The van der Waals surface area contributed by atoms with Crippen LogP contribution >= 0.6 is 0 Å². The van der Waals surface area contributed by atoms with E-state index in [-0.39, 0.29) is 17.7 Å². The van der Waals surface area contributed by atoms with Crippen LogP contribution < -0.4 is 10.6 Å². The highest BCUT2D eigenvalue weighted by atomic mass is 16.3. The summed E-state index contributed by atoms with van der Waals surface area (Å²) in [6.45, 7) is 3.84. The van der Waals surface area contributed by atoms with Gasteiger partial charge < -0.3 is 15.7 Å². The second-order valence-corrected chi connectivity index (χ2v) is 5.05. The highest BCUT2D eigenvalue weighted by Gasteiger charge is 2.13. The van der Waals surface area contributed by atoms with Gasteiger partial charge in [-0.15, -0.1) is 0 Å². The van der Waals surface area contributed by atoms with Crippen LogP contribution in [0.15, 0.2) is 42.5 Å². The lowest BCUT2D eigenvalue weighted by molar-refractivity contribution is 0.102. The number of nitrogens with one attached hydrogen (secondary N) is 2. The molecule has 0 fully saturated rings. The third kappa shape index (κ3) is 3.41. The van der Waals surface area contributed by atoms with Crippen molar-refractivity contribution >= 4 is 11.6 Å². The predicted octanol–water partition coefficient (Wildman–Crippen LogP) is 3.23. The minimum absolute atomic E-state index is 0.141. The molecule has 4 nitrogen and oxygen atoms in total. The molecule has 110 valence electrons. The number of carbonyl (C=O) groups excluding carboxylic acids is 1. The smallest absolute Gasteiger partial charge is 0.255 e. The molecule has 1 atom stereocenters. The number of aromatic hydroxyl groups is 1. The molecule has 1 unspecified atom stereocenters. The summed E-state index contributed by atoms with van der Waals surface area (Å²) in [7, 11) is 1.88. The second-order valence-electron chi connectivity index (χ2n) is 5.05. The van der Waals surface area contributed by atoms with Crippen LogP contribution in [0.2, 0.25) is 0 Å². The van der Waals surface area contributed by atoms with Crippen LogP contribution in [0.4, 0.5) is 5.69 Å². The molecule has 0 saturated carbocycles. The molecule has 0 heterocycles. The maximum absolute atomic E-state index is 12.4. The Morgan fingerprint density at radius 3 is 2.57 bits per heavy atom. The van der Waals surface area contributed by atoms with E-state index in [0.29, 0.717) is 5.56 Å². The molecule has 0 aliphatic rings. The van der Waals surface area contributed by atoms with Crippen LogP contribution in [-0.2, 0) is 0 Å². The SMILES string of the molecule is CNC(C)c1ccccc1NC(=O)c1ccc(O)cc1C. The third-order valence-electron chi connectivity index (χ3n) is 3.56. The van der Waals surface area contributed by atoms with Crippen LogP contribution in [0.25, 0.3) is 0 Å². The predicted molar refractivity (Wildman–Crippen MR) is 84.7 cm³/mol. The molecule has 0 bridgehead atoms. The van der Waals surface area contributed by atoms with E-state index in [1.807, 2.05) is 38.2 Å². The molecule has 0 aromatic heterocycles. The lowest BCUT2D eigenvalue weighted by atomic mass is 10.0. The number of phenols is 1. The Hall–Kier alpha value is -2.33. The molecule has 0 saturated heterocycles. The number of hydrogen-bond donors (Lipinski definition) is 3. The van der Waals surface area contributed by atoms with Gasteiger partial charge in [0.1, 0.15) is 5.75 Å². The number of benzene rings is 2. The fourth-order valence-corrected chi connectivity index (χ4v) is 2.24. The molecule has 2 aromatic carbocycles. The van der Waals surface area contributed by atoms with Crippen LogP contribution in [0.3, 0.4) is 0 Å². The fraction of sp³-hybridized carbons (Fsp3) is 0.235. The van der Waals surface area contributed by atoms with E-state index in [1.54, 1.807) is 19.1 Å². The Bertz CT molecular complexity index is 653. The van der Waals surface area contributed by atoms with Crippen LogP contribution in [0.5, 0.6) is 5.75 Å². The van der Waals surface area contributed by atoms with E-state index in [4.69, 9.17) is 0 Å². The summed E-state index contributed by atoms with van der Waals surface area (Å²) in [5.74, 6) is -0.0171. The van der Waals surface area contributed by atoms with Gasteiger partial charge >= 0.3 is 0 Å². The Balaban J connectivity index is 2.28. The van der Waals surface area contributed by atoms with E-state index < -0.39 is 0 Å². The van der Waals surface area contributed by atoms with Crippen molar-refractivity contribution in [1.29, 1.82) is 0 Å². The van der Waals surface area contributed by atoms with Gasteiger partial charge in [0.05, 0.1) is 0 Å². The van der Waals surface area contributed by atoms with E-state index >= 15 is 0 Å². The van der Waals surface area contributed by atoms with Gasteiger partial charge in [-0.2, -0.15) is 0 Å². The van der Waals surface area contributed by atoms with Crippen molar-refractivity contribution in [3.05, 3.63) is 59.2 Å². The molecule has 21 heavy (non-hydrogen) atoms. The zero-order chi connectivity index (χ0) is 15.4. The van der Waals surface area contributed by atoms with Crippen molar-refractivity contribution in [3.8, 4) is 5.75 Å². The molecule has 4 heteroatoms. The number of amides is 1. The molecule has 0 radical (unpaired) electrons.